The molecular formula is C54H104O6. The molecule has 0 saturated carbocycles. The lowest BCUT2D eigenvalue weighted by atomic mass is 9.99. The third kappa shape index (κ3) is 45.9. The fourth-order valence-electron chi connectivity index (χ4n) is 8.19. The summed E-state index contributed by atoms with van der Waals surface area (Å²) in [5.74, 6) is 0.00430. The standard InChI is InChI=1S/C54H104O6/c1-5-8-10-12-14-16-18-20-21-22-23-24-25-27-29-35-39-43-47-54(57)60-51(48-58-52(55)45-41-37-33-28-26-19-17-15-13-11-9-6-2)49-59-53(56)46-42-38-34-31-30-32-36-40-44-50(4)7-3/h50-51H,5-49H2,1-4H3/t50?,51-/m0/s1. The maximum Gasteiger partial charge on any atom is 0.306 e. The smallest absolute Gasteiger partial charge is 0.306 e. The van der Waals surface area contributed by atoms with Crippen molar-refractivity contribution in [2.45, 2.75) is 310 Å². The molecule has 0 rings (SSSR count). The number of esters is 3. The second kappa shape index (κ2) is 48.4. The van der Waals surface area contributed by atoms with Crippen molar-refractivity contribution in [2.75, 3.05) is 13.2 Å². The van der Waals surface area contributed by atoms with Crippen LogP contribution in [-0.4, -0.2) is 37.2 Å². The molecule has 0 heterocycles. The average molecular weight is 849 g/mol. The van der Waals surface area contributed by atoms with Gasteiger partial charge < -0.3 is 14.2 Å². The van der Waals surface area contributed by atoms with E-state index in [1.54, 1.807) is 0 Å². The molecule has 6 nitrogen and oxygen atoms in total. The van der Waals surface area contributed by atoms with Crippen LogP contribution >= 0.6 is 0 Å². The van der Waals surface area contributed by atoms with Crippen molar-refractivity contribution in [1.29, 1.82) is 0 Å². The quantitative estimate of drug-likeness (QED) is 0.0345. The predicted octanol–water partition coefficient (Wildman–Crippen LogP) is 17.5. The normalized spacial score (nSPS) is 12.4. The van der Waals surface area contributed by atoms with Crippen LogP contribution in [0.25, 0.3) is 0 Å². The first-order valence-corrected chi connectivity index (χ1v) is 26.9. The summed E-state index contributed by atoms with van der Waals surface area (Å²) in [4.78, 5) is 38.0. The van der Waals surface area contributed by atoms with Crippen molar-refractivity contribution in [1.82, 2.24) is 0 Å². The predicted molar refractivity (Wildman–Crippen MR) is 257 cm³/mol. The molecule has 0 aliphatic rings. The van der Waals surface area contributed by atoms with Gasteiger partial charge in [0, 0.05) is 19.3 Å². The first-order valence-electron chi connectivity index (χ1n) is 26.9. The second-order valence-electron chi connectivity index (χ2n) is 18.8. The highest BCUT2D eigenvalue weighted by Crippen LogP contribution is 2.18. The summed E-state index contributed by atoms with van der Waals surface area (Å²) in [6.45, 7) is 9.04. The van der Waals surface area contributed by atoms with Gasteiger partial charge in [0.2, 0.25) is 0 Å². The van der Waals surface area contributed by atoms with Gasteiger partial charge in [0.25, 0.3) is 0 Å². The zero-order valence-electron chi connectivity index (χ0n) is 40.9. The van der Waals surface area contributed by atoms with Gasteiger partial charge in [0.15, 0.2) is 6.10 Å². The molecule has 0 aromatic rings. The highest BCUT2D eigenvalue weighted by molar-refractivity contribution is 5.71. The number of rotatable bonds is 49. The van der Waals surface area contributed by atoms with E-state index in [2.05, 4.69) is 27.7 Å². The lowest BCUT2D eigenvalue weighted by Crippen LogP contribution is -2.30. The van der Waals surface area contributed by atoms with Gasteiger partial charge in [-0.25, -0.2) is 0 Å². The number of hydrogen-bond acceptors (Lipinski definition) is 6. The molecule has 0 aliphatic carbocycles. The number of unbranched alkanes of at least 4 members (excludes halogenated alkanes) is 35. The van der Waals surface area contributed by atoms with Gasteiger partial charge in [-0.1, -0.05) is 265 Å². The molecule has 0 amide bonds. The van der Waals surface area contributed by atoms with E-state index >= 15 is 0 Å². The van der Waals surface area contributed by atoms with Crippen LogP contribution < -0.4 is 0 Å². The molecule has 0 aliphatic heterocycles. The maximum atomic E-state index is 12.8. The fraction of sp³-hybridized carbons (Fsp3) is 0.944. The number of ether oxygens (including phenoxy) is 3. The van der Waals surface area contributed by atoms with E-state index in [0.29, 0.717) is 19.3 Å². The van der Waals surface area contributed by atoms with Crippen LogP contribution in [0.3, 0.4) is 0 Å². The summed E-state index contributed by atoms with van der Waals surface area (Å²) in [6.07, 6.45) is 50.8. The summed E-state index contributed by atoms with van der Waals surface area (Å²) in [5.41, 5.74) is 0. The van der Waals surface area contributed by atoms with Crippen molar-refractivity contribution >= 4 is 17.9 Å². The Labute approximate surface area is 374 Å². The van der Waals surface area contributed by atoms with Crippen LogP contribution in [0.4, 0.5) is 0 Å². The molecule has 60 heavy (non-hydrogen) atoms. The Morgan fingerprint density at radius 2 is 0.583 bits per heavy atom. The molecule has 0 aromatic heterocycles. The molecule has 0 N–H and O–H groups in total. The van der Waals surface area contributed by atoms with E-state index < -0.39 is 6.10 Å². The van der Waals surface area contributed by atoms with Gasteiger partial charge in [-0.3, -0.25) is 14.4 Å². The van der Waals surface area contributed by atoms with Crippen LogP contribution in [0.1, 0.15) is 304 Å². The Morgan fingerprint density at radius 1 is 0.333 bits per heavy atom. The maximum absolute atomic E-state index is 12.8. The average Bonchev–Trinajstić information content (AvgIpc) is 3.25. The van der Waals surface area contributed by atoms with Crippen LogP contribution in [0.15, 0.2) is 0 Å². The molecular weight excluding hydrogens is 745 g/mol. The minimum absolute atomic E-state index is 0.0629. The lowest BCUT2D eigenvalue weighted by Gasteiger charge is -2.18. The molecule has 0 bridgehead atoms. The highest BCUT2D eigenvalue weighted by Gasteiger charge is 2.19. The highest BCUT2D eigenvalue weighted by atomic mass is 16.6. The summed E-state index contributed by atoms with van der Waals surface area (Å²) in [5, 5.41) is 0. The Bertz CT molecular complexity index is 905. The van der Waals surface area contributed by atoms with Gasteiger partial charge in [0.05, 0.1) is 0 Å². The zero-order chi connectivity index (χ0) is 43.8. The van der Waals surface area contributed by atoms with Crippen LogP contribution in [0, 0.1) is 5.92 Å². The first kappa shape index (κ1) is 58.4. The SMILES string of the molecule is CCCCCCCCCCCCCCCCCCCCC(=O)O[C@@H](COC(=O)CCCCCCCCCCCCCC)COC(=O)CCCCCCCCCCC(C)CC. The van der Waals surface area contributed by atoms with E-state index in [4.69, 9.17) is 14.2 Å². The van der Waals surface area contributed by atoms with Gasteiger partial charge in [-0.15, -0.1) is 0 Å². The van der Waals surface area contributed by atoms with Crippen LogP contribution in [0.5, 0.6) is 0 Å². The fourth-order valence-corrected chi connectivity index (χ4v) is 8.19. The van der Waals surface area contributed by atoms with Gasteiger partial charge in [0.1, 0.15) is 13.2 Å². The Kier molecular flexibility index (Phi) is 47.2. The number of carbonyl (C=O) groups excluding carboxylic acids is 3. The van der Waals surface area contributed by atoms with Crippen molar-refractivity contribution in [3.63, 3.8) is 0 Å². The summed E-state index contributed by atoms with van der Waals surface area (Å²) in [6, 6.07) is 0. The van der Waals surface area contributed by atoms with E-state index in [1.165, 1.54) is 199 Å². The van der Waals surface area contributed by atoms with Crippen molar-refractivity contribution in [2.24, 2.45) is 5.92 Å². The zero-order valence-corrected chi connectivity index (χ0v) is 40.9. The van der Waals surface area contributed by atoms with E-state index in [0.717, 1.165) is 63.7 Å². The monoisotopic (exact) mass is 849 g/mol. The largest absolute Gasteiger partial charge is 0.462 e. The molecule has 0 spiro atoms. The number of hydrogen-bond donors (Lipinski definition) is 0. The Morgan fingerprint density at radius 3 is 0.867 bits per heavy atom. The third-order valence-corrected chi connectivity index (χ3v) is 12.7. The Hall–Kier alpha value is -1.59. The minimum Gasteiger partial charge on any atom is -0.462 e. The Balaban J connectivity index is 4.29. The van der Waals surface area contributed by atoms with Crippen LogP contribution in [-0.2, 0) is 28.6 Å². The topological polar surface area (TPSA) is 78.9 Å². The molecule has 0 saturated heterocycles. The summed E-state index contributed by atoms with van der Waals surface area (Å²) >= 11 is 0. The van der Waals surface area contributed by atoms with Gasteiger partial charge in [-0.05, 0) is 25.2 Å². The molecule has 6 heteroatoms. The molecule has 0 fully saturated rings. The second-order valence-corrected chi connectivity index (χ2v) is 18.8. The molecule has 0 radical (unpaired) electrons. The third-order valence-electron chi connectivity index (χ3n) is 12.7. The molecule has 356 valence electrons. The van der Waals surface area contributed by atoms with Crippen LogP contribution in [0.2, 0.25) is 0 Å². The first-order chi connectivity index (χ1) is 29.4. The van der Waals surface area contributed by atoms with E-state index in [9.17, 15) is 14.4 Å². The molecule has 1 unspecified atom stereocenters. The molecule has 2 atom stereocenters. The van der Waals surface area contributed by atoms with E-state index in [1.807, 2.05) is 0 Å². The van der Waals surface area contributed by atoms with Crippen molar-refractivity contribution in [3.8, 4) is 0 Å². The van der Waals surface area contributed by atoms with Gasteiger partial charge in [-0.2, -0.15) is 0 Å². The number of carbonyl (C=O) groups is 3. The van der Waals surface area contributed by atoms with Crippen molar-refractivity contribution < 1.29 is 28.6 Å². The summed E-state index contributed by atoms with van der Waals surface area (Å²) in [7, 11) is 0. The van der Waals surface area contributed by atoms with E-state index in [-0.39, 0.29) is 31.1 Å². The van der Waals surface area contributed by atoms with Crippen molar-refractivity contribution in [3.05, 3.63) is 0 Å². The lowest BCUT2D eigenvalue weighted by molar-refractivity contribution is -0.167. The minimum atomic E-state index is -0.761. The molecule has 0 aromatic carbocycles. The van der Waals surface area contributed by atoms with Gasteiger partial charge >= 0.3 is 17.9 Å². The summed E-state index contributed by atoms with van der Waals surface area (Å²) < 4.78 is 16.8.